The van der Waals surface area contributed by atoms with Crippen LogP contribution in [0.3, 0.4) is 0 Å². The largest absolute Gasteiger partial charge is 0.466 e. The number of carbonyl (C=O) groups is 1. The van der Waals surface area contributed by atoms with Crippen LogP contribution in [0.5, 0.6) is 0 Å². The van der Waals surface area contributed by atoms with Crippen LogP contribution in [0.2, 0.25) is 0 Å². The Morgan fingerprint density at radius 2 is 1.28 bits per heavy atom. The van der Waals surface area contributed by atoms with Gasteiger partial charge in [0, 0.05) is 30.3 Å². The van der Waals surface area contributed by atoms with E-state index in [1.54, 1.807) is 0 Å². The molecule has 4 radical (unpaired) electrons. The molecule has 3 heteroatoms. The maximum absolute atomic E-state index is 11.2. The molecule has 0 aromatic carbocycles. The molecule has 0 N–H and O–H groups in total. The molecule has 18 heavy (non-hydrogen) atoms. The summed E-state index contributed by atoms with van der Waals surface area (Å²) in [6, 6.07) is 0. The molecule has 0 fully saturated rings. The first-order valence-corrected chi connectivity index (χ1v) is 7.46. The van der Waals surface area contributed by atoms with Gasteiger partial charge < -0.3 is 4.74 Å². The van der Waals surface area contributed by atoms with Crippen molar-refractivity contribution in [3.8, 4) is 0 Å². The molecule has 0 saturated heterocycles. The number of rotatable bonds is 12. The van der Waals surface area contributed by atoms with Crippen molar-refractivity contribution in [2.45, 2.75) is 84.5 Å². The smallest absolute Gasteiger partial charge is 0.305 e. The van der Waals surface area contributed by atoms with Gasteiger partial charge in [0.05, 0.1) is 6.61 Å². The second-order valence-corrected chi connectivity index (χ2v) is 4.80. The molecule has 0 aromatic heterocycles. The van der Waals surface area contributed by atoms with E-state index in [4.69, 9.17) is 4.74 Å². The summed E-state index contributed by atoms with van der Waals surface area (Å²) in [5.41, 5.74) is 0. The predicted octanol–water partition coefficient (Wildman–Crippen LogP) is 4.48. The Morgan fingerprint density at radius 1 is 0.778 bits per heavy atom. The topological polar surface area (TPSA) is 26.3 Å². The minimum absolute atomic E-state index is 0. The summed E-state index contributed by atoms with van der Waals surface area (Å²) in [5, 5.41) is 0. The molecule has 0 saturated carbocycles. The number of hydrogen-bond donors (Lipinski definition) is 0. The zero-order valence-electron chi connectivity index (χ0n) is 12.3. The number of ether oxygens (including phenoxy) is 1. The third-order valence-electron chi connectivity index (χ3n) is 2.95. The van der Waals surface area contributed by atoms with Gasteiger partial charge in [0.15, 0.2) is 0 Å². The van der Waals surface area contributed by atoms with E-state index in [2.05, 4.69) is 6.92 Å². The van der Waals surface area contributed by atoms with Crippen LogP contribution in [-0.4, -0.2) is 36.5 Å². The van der Waals surface area contributed by atoms with Gasteiger partial charge in [0.2, 0.25) is 0 Å². The van der Waals surface area contributed by atoms with Crippen molar-refractivity contribution < 1.29 is 9.53 Å². The molecular weight excluding hydrogens is 331 g/mol. The standard InChI is InChI=1S/C15H30O2.Sn/c1-3-5-6-7-8-9-10-11-12-13-15(16)17-14-4-2;/h3-14H2,1-2H3;. The quantitative estimate of drug-likeness (QED) is 0.291. The fraction of sp³-hybridized carbons (Fsp3) is 0.933. The fourth-order valence-electron chi connectivity index (χ4n) is 1.87. The van der Waals surface area contributed by atoms with Crippen molar-refractivity contribution in [2.75, 3.05) is 6.61 Å². The third-order valence-corrected chi connectivity index (χ3v) is 2.95. The molecule has 0 amide bonds. The van der Waals surface area contributed by atoms with E-state index >= 15 is 0 Å². The van der Waals surface area contributed by atoms with Crippen LogP contribution < -0.4 is 0 Å². The second-order valence-electron chi connectivity index (χ2n) is 4.80. The zero-order chi connectivity index (χ0) is 12.8. The zero-order valence-corrected chi connectivity index (χ0v) is 15.2. The van der Waals surface area contributed by atoms with Gasteiger partial charge in [-0.3, -0.25) is 4.79 Å². The average molecular weight is 361 g/mol. The summed E-state index contributed by atoms with van der Waals surface area (Å²) >= 11 is 0. The van der Waals surface area contributed by atoms with Gasteiger partial charge in [0.1, 0.15) is 0 Å². The Hall–Kier alpha value is 0.269. The Kier molecular flexibility index (Phi) is 19.7. The van der Waals surface area contributed by atoms with Crippen molar-refractivity contribution >= 4 is 29.9 Å². The number of hydrogen-bond acceptors (Lipinski definition) is 2. The molecular formula is C15H30O2Sn. The molecule has 106 valence electrons. The molecule has 0 unspecified atom stereocenters. The summed E-state index contributed by atoms with van der Waals surface area (Å²) in [6.07, 6.45) is 13.1. The number of esters is 1. The van der Waals surface area contributed by atoms with Crippen LogP contribution in [0, 0.1) is 0 Å². The van der Waals surface area contributed by atoms with E-state index in [9.17, 15) is 4.79 Å². The van der Waals surface area contributed by atoms with E-state index < -0.39 is 0 Å². The monoisotopic (exact) mass is 362 g/mol. The first-order valence-electron chi connectivity index (χ1n) is 7.46. The van der Waals surface area contributed by atoms with Gasteiger partial charge in [-0.2, -0.15) is 0 Å². The van der Waals surface area contributed by atoms with Crippen LogP contribution in [0.15, 0.2) is 0 Å². The summed E-state index contributed by atoms with van der Waals surface area (Å²) in [6.45, 7) is 4.85. The first kappa shape index (κ1) is 20.6. The Labute approximate surface area is 130 Å². The van der Waals surface area contributed by atoms with Crippen molar-refractivity contribution in [1.29, 1.82) is 0 Å². The van der Waals surface area contributed by atoms with Crippen molar-refractivity contribution in [3.05, 3.63) is 0 Å². The van der Waals surface area contributed by atoms with E-state index in [1.807, 2.05) is 6.92 Å². The van der Waals surface area contributed by atoms with Gasteiger partial charge in [-0.05, 0) is 12.8 Å². The van der Waals surface area contributed by atoms with Gasteiger partial charge in [-0.1, -0.05) is 65.2 Å². The van der Waals surface area contributed by atoms with Crippen LogP contribution >= 0.6 is 0 Å². The van der Waals surface area contributed by atoms with E-state index in [1.165, 1.54) is 51.4 Å². The SMILES string of the molecule is CCCCCCCCCCCC(=O)OCCC.[Sn]. The summed E-state index contributed by atoms with van der Waals surface area (Å²) in [4.78, 5) is 11.2. The molecule has 0 aliphatic rings. The second kappa shape index (κ2) is 17.3. The van der Waals surface area contributed by atoms with E-state index in [-0.39, 0.29) is 29.9 Å². The van der Waals surface area contributed by atoms with Crippen LogP contribution in [0.25, 0.3) is 0 Å². The molecule has 0 spiro atoms. The summed E-state index contributed by atoms with van der Waals surface area (Å²) in [5.74, 6) is -0.0187. The van der Waals surface area contributed by atoms with Crippen molar-refractivity contribution in [3.63, 3.8) is 0 Å². The van der Waals surface area contributed by atoms with Gasteiger partial charge >= 0.3 is 5.97 Å². The summed E-state index contributed by atoms with van der Waals surface area (Å²) < 4.78 is 5.02. The molecule has 0 bridgehead atoms. The van der Waals surface area contributed by atoms with E-state index in [0.29, 0.717) is 13.0 Å². The number of unbranched alkanes of at least 4 members (excludes halogenated alkanes) is 8. The molecule has 0 aliphatic heterocycles. The minimum Gasteiger partial charge on any atom is -0.466 e. The van der Waals surface area contributed by atoms with Crippen molar-refractivity contribution in [1.82, 2.24) is 0 Å². The van der Waals surface area contributed by atoms with Gasteiger partial charge in [-0.25, -0.2) is 0 Å². The predicted molar refractivity (Wildman–Crippen MR) is 78.8 cm³/mol. The van der Waals surface area contributed by atoms with E-state index in [0.717, 1.165) is 12.8 Å². The molecule has 0 atom stereocenters. The summed E-state index contributed by atoms with van der Waals surface area (Å²) in [7, 11) is 0. The van der Waals surface area contributed by atoms with Crippen LogP contribution in [0.1, 0.15) is 84.5 Å². The third kappa shape index (κ3) is 16.3. The minimum atomic E-state index is -0.0187. The van der Waals surface area contributed by atoms with Crippen LogP contribution in [0.4, 0.5) is 0 Å². The molecule has 0 aliphatic carbocycles. The van der Waals surface area contributed by atoms with Crippen molar-refractivity contribution in [2.24, 2.45) is 0 Å². The normalized spacial score (nSPS) is 9.89. The number of carbonyl (C=O) groups excluding carboxylic acids is 1. The molecule has 0 heterocycles. The van der Waals surface area contributed by atoms with Crippen LogP contribution in [-0.2, 0) is 9.53 Å². The first-order chi connectivity index (χ1) is 8.31. The molecule has 0 aromatic rings. The Bertz CT molecular complexity index is 172. The van der Waals surface area contributed by atoms with Gasteiger partial charge in [0.25, 0.3) is 0 Å². The molecule has 2 nitrogen and oxygen atoms in total. The Balaban J connectivity index is 0. The fourth-order valence-corrected chi connectivity index (χ4v) is 1.87. The maximum atomic E-state index is 11.2. The molecule has 0 rings (SSSR count). The maximum Gasteiger partial charge on any atom is 0.305 e. The average Bonchev–Trinajstić information content (AvgIpc) is 2.34. The van der Waals surface area contributed by atoms with Gasteiger partial charge in [-0.15, -0.1) is 0 Å². The Morgan fingerprint density at radius 3 is 1.78 bits per heavy atom.